The van der Waals surface area contributed by atoms with E-state index in [-0.39, 0.29) is 10.9 Å². The van der Waals surface area contributed by atoms with Gasteiger partial charge in [0, 0.05) is 17.9 Å². The molecule has 6 heteroatoms. The summed E-state index contributed by atoms with van der Waals surface area (Å²) in [4.78, 5) is 0.0883. The Morgan fingerprint density at radius 2 is 2.10 bits per heavy atom. The van der Waals surface area contributed by atoms with Crippen LogP contribution in [-0.4, -0.2) is 30.6 Å². The Bertz CT molecular complexity index is 577. The predicted octanol–water partition coefficient (Wildman–Crippen LogP) is 3.46. The molecule has 1 aromatic carbocycles. The van der Waals surface area contributed by atoms with Crippen molar-refractivity contribution in [1.29, 1.82) is 0 Å². The molecule has 0 N–H and O–H groups in total. The summed E-state index contributed by atoms with van der Waals surface area (Å²) >= 11 is 3.40. The van der Waals surface area contributed by atoms with Crippen molar-refractivity contribution in [2.75, 3.05) is 11.9 Å². The highest BCUT2D eigenvalue weighted by molar-refractivity contribution is 9.09. The molecule has 1 aliphatic rings. The van der Waals surface area contributed by atoms with E-state index in [4.69, 9.17) is 0 Å². The van der Waals surface area contributed by atoms with Gasteiger partial charge in [0.25, 0.3) is 0 Å². The van der Waals surface area contributed by atoms with Crippen molar-refractivity contribution in [3.8, 4) is 0 Å². The molecule has 1 saturated heterocycles. The summed E-state index contributed by atoms with van der Waals surface area (Å²) in [6, 6.07) is 3.88. The Kier molecular flexibility index (Phi) is 5.20. The quantitative estimate of drug-likeness (QED) is 0.771. The summed E-state index contributed by atoms with van der Waals surface area (Å²) in [6.45, 7) is 2.21. The van der Waals surface area contributed by atoms with Gasteiger partial charge in [-0.3, -0.25) is 0 Å². The number of hydrogen-bond acceptors (Lipinski definition) is 2. The Morgan fingerprint density at radius 1 is 1.35 bits per heavy atom. The molecule has 112 valence electrons. The number of alkyl halides is 1. The van der Waals surface area contributed by atoms with Crippen molar-refractivity contribution in [3.63, 3.8) is 0 Å². The minimum Gasteiger partial charge on any atom is -0.207 e. The molecule has 3 nitrogen and oxygen atoms in total. The summed E-state index contributed by atoms with van der Waals surface area (Å²) in [6.07, 6.45) is 3.78. The number of rotatable bonds is 3. The molecule has 0 bridgehead atoms. The molecule has 1 fully saturated rings. The van der Waals surface area contributed by atoms with E-state index in [1.165, 1.54) is 16.4 Å². The smallest absolute Gasteiger partial charge is 0.207 e. The van der Waals surface area contributed by atoms with Crippen LogP contribution in [0.15, 0.2) is 23.1 Å². The van der Waals surface area contributed by atoms with Gasteiger partial charge in [-0.25, -0.2) is 12.8 Å². The van der Waals surface area contributed by atoms with Crippen LogP contribution in [0.4, 0.5) is 4.39 Å². The van der Waals surface area contributed by atoms with Crippen molar-refractivity contribution in [1.82, 2.24) is 4.31 Å². The van der Waals surface area contributed by atoms with E-state index in [2.05, 4.69) is 15.9 Å². The first-order valence-electron chi connectivity index (χ1n) is 6.81. The Balaban J connectivity index is 2.44. The van der Waals surface area contributed by atoms with E-state index in [0.29, 0.717) is 17.4 Å². The summed E-state index contributed by atoms with van der Waals surface area (Å²) in [5, 5.41) is 0.612. The number of aryl methyl sites for hydroxylation is 1. The van der Waals surface area contributed by atoms with Crippen LogP contribution in [0.1, 0.15) is 31.2 Å². The molecule has 0 aliphatic carbocycles. The first-order valence-corrected chi connectivity index (χ1v) is 9.37. The maximum absolute atomic E-state index is 13.4. The third kappa shape index (κ3) is 3.23. The molecule has 1 aromatic rings. The molecule has 1 aliphatic heterocycles. The van der Waals surface area contributed by atoms with Gasteiger partial charge in [0.1, 0.15) is 5.82 Å². The van der Waals surface area contributed by atoms with Gasteiger partial charge in [-0.1, -0.05) is 34.8 Å². The monoisotopic (exact) mass is 363 g/mol. The number of hydrogen-bond donors (Lipinski definition) is 0. The molecular formula is C14H19BrFNO2S. The zero-order valence-electron chi connectivity index (χ0n) is 11.5. The average molecular weight is 364 g/mol. The lowest BCUT2D eigenvalue weighted by Gasteiger charge is -2.28. The second-order valence-corrected chi connectivity index (χ2v) is 7.69. The zero-order chi connectivity index (χ0) is 14.8. The fraction of sp³-hybridized carbons (Fsp3) is 0.571. The Hall–Kier alpha value is -0.460. The van der Waals surface area contributed by atoms with Gasteiger partial charge in [0.15, 0.2) is 0 Å². The van der Waals surface area contributed by atoms with E-state index in [0.717, 1.165) is 31.7 Å². The largest absolute Gasteiger partial charge is 0.243 e. The number of halogens is 2. The lowest BCUT2D eigenvalue weighted by molar-refractivity contribution is 0.347. The second-order valence-electron chi connectivity index (χ2n) is 5.18. The Labute approximate surface area is 128 Å². The van der Waals surface area contributed by atoms with Crippen LogP contribution < -0.4 is 0 Å². The molecule has 0 spiro atoms. The number of benzene rings is 1. The second kappa shape index (κ2) is 6.54. The van der Waals surface area contributed by atoms with E-state index >= 15 is 0 Å². The third-order valence-electron chi connectivity index (χ3n) is 3.74. The number of sulfonamides is 1. The Morgan fingerprint density at radius 3 is 2.80 bits per heavy atom. The predicted molar refractivity (Wildman–Crippen MR) is 81.1 cm³/mol. The van der Waals surface area contributed by atoms with Gasteiger partial charge in [-0.2, -0.15) is 4.31 Å². The van der Waals surface area contributed by atoms with Gasteiger partial charge in [-0.05, 0) is 37.5 Å². The first-order chi connectivity index (χ1) is 9.46. The van der Waals surface area contributed by atoms with Gasteiger partial charge < -0.3 is 0 Å². The maximum Gasteiger partial charge on any atom is 0.243 e. The number of nitrogens with zero attached hydrogens (tertiary/aromatic N) is 1. The molecule has 1 heterocycles. The van der Waals surface area contributed by atoms with Crippen LogP contribution in [0.2, 0.25) is 0 Å². The molecule has 0 saturated carbocycles. The minimum absolute atomic E-state index is 0.0508. The van der Waals surface area contributed by atoms with Gasteiger partial charge >= 0.3 is 0 Å². The van der Waals surface area contributed by atoms with Crippen molar-refractivity contribution < 1.29 is 12.8 Å². The molecule has 1 atom stereocenters. The first kappa shape index (κ1) is 15.9. The van der Waals surface area contributed by atoms with Crippen molar-refractivity contribution in [2.24, 2.45) is 0 Å². The highest BCUT2D eigenvalue weighted by Crippen LogP contribution is 2.27. The lowest BCUT2D eigenvalue weighted by atomic mass is 10.1. The minimum atomic E-state index is -3.64. The highest BCUT2D eigenvalue weighted by Gasteiger charge is 2.32. The fourth-order valence-corrected chi connectivity index (χ4v) is 5.40. The van der Waals surface area contributed by atoms with Crippen LogP contribution in [-0.2, 0) is 10.0 Å². The van der Waals surface area contributed by atoms with Crippen molar-refractivity contribution >= 4 is 26.0 Å². The topological polar surface area (TPSA) is 37.4 Å². The van der Waals surface area contributed by atoms with E-state index in [1.807, 2.05) is 0 Å². The average Bonchev–Trinajstić information content (AvgIpc) is 2.66. The van der Waals surface area contributed by atoms with Crippen molar-refractivity contribution in [3.05, 3.63) is 29.6 Å². The normalized spacial score (nSPS) is 21.6. The van der Waals surface area contributed by atoms with Crippen LogP contribution in [0.3, 0.4) is 0 Å². The third-order valence-corrected chi connectivity index (χ3v) is 6.58. The summed E-state index contributed by atoms with van der Waals surface area (Å²) in [7, 11) is -3.64. The van der Waals surface area contributed by atoms with Crippen LogP contribution in [0.25, 0.3) is 0 Å². The van der Waals surface area contributed by atoms with Crippen LogP contribution >= 0.6 is 15.9 Å². The molecule has 0 radical (unpaired) electrons. The molecule has 2 rings (SSSR count). The summed E-state index contributed by atoms with van der Waals surface area (Å²) in [5.74, 6) is -0.514. The molecular weight excluding hydrogens is 345 g/mol. The van der Waals surface area contributed by atoms with E-state index in [9.17, 15) is 12.8 Å². The van der Waals surface area contributed by atoms with Crippen LogP contribution in [0, 0.1) is 12.7 Å². The van der Waals surface area contributed by atoms with Gasteiger partial charge in [-0.15, -0.1) is 0 Å². The fourth-order valence-electron chi connectivity index (χ4n) is 2.60. The van der Waals surface area contributed by atoms with Gasteiger partial charge in [0.05, 0.1) is 4.90 Å². The standard InChI is InChI=1S/C14H19BrFNO2S/c1-11-6-7-12(16)9-14(11)20(18,19)17-8-4-2-3-5-13(17)10-15/h6-7,9,13H,2-5,8,10H2,1H3. The summed E-state index contributed by atoms with van der Waals surface area (Å²) in [5.41, 5.74) is 0.587. The molecule has 0 amide bonds. The lowest BCUT2D eigenvalue weighted by Crippen LogP contribution is -2.41. The SMILES string of the molecule is Cc1ccc(F)cc1S(=O)(=O)N1CCCCCC1CBr. The van der Waals surface area contributed by atoms with Crippen LogP contribution in [0.5, 0.6) is 0 Å². The molecule has 0 aromatic heterocycles. The maximum atomic E-state index is 13.4. The summed E-state index contributed by atoms with van der Waals surface area (Å²) < 4.78 is 40.6. The van der Waals surface area contributed by atoms with Gasteiger partial charge in [0.2, 0.25) is 10.0 Å². The molecule has 20 heavy (non-hydrogen) atoms. The highest BCUT2D eigenvalue weighted by atomic mass is 79.9. The van der Waals surface area contributed by atoms with E-state index < -0.39 is 15.8 Å². The van der Waals surface area contributed by atoms with Crippen molar-refractivity contribution in [2.45, 2.75) is 43.5 Å². The zero-order valence-corrected chi connectivity index (χ0v) is 13.9. The van der Waals surface area contributed by atoms with E-state index in [1.54, 1.807) is 6.92 Å². The molecule has 1 unspecified atom stereocenters.